The number of alkyl carbamates (subject to hydrolysis) is 1. The van der Waals surface area contributed by atoms with Crippen molar-refractivity contribution in [3.05, 3.63) is 35.9 Å². The van der Waals surface area contributed by atoms with Crippen molar-refractivity contribution in [3.8, 4) is 0 Å². The van der Waals surface area contributed by atoms with Crippen LogP contribution in [0.1, 0.15) is 63.4 Å². The first-order valence-corrected chi connectivity index (χ1v) is 10.2. The van der Waals surface area contributed by atoms with E-state index >= 15 is 0 Å². The number of hydrogen-bond donors (Lipinski definition) is 2. The summed E-state index contributed by atoms with van der Waals surface area (Å²) in [5.74, 6) is -0.251. The minimum absolute atomic E-state index is 0.167. The van der Waals surface area contributed by atoms with Gasteiger partial charge < -0.3 is 14.8 Å². The monoisotopic (exact) mass is 390 g/mol. The summed E-state index contributed by atoms with van der Waals surface area (Å²) in [5, 5.41) is 2.96. The minimum Gasteiger partial charge on any atom is -0.445 e. The third kappa shape index (κ3) is 6.49. The van der Waals surface area contributed by atoms with Gasteiger partial charge in [0.05, 0.1) is 12.0 Å². The molecule has 1 saturated carbocycles. The van der Waals surface area contributed by atoms with E-state index < -0.39 is 11.6 Å². The predicted octanol–water partition coefficient (Wildman–Crippen LogP) is 3.58. The number of hydrogen-bond acceptors (Lipinski definition) is 5. The highest BCUT2D eigenvalue weighted by molar-refractivity contribution is 5.77. The third-order valence-electron chi connectivity index (χ3n) is 5.33. The molecule has 2 fully saturated rings. The van der Waals surface area contributed by atoms with Crippen molar-refractivity contribution in [1.82, 2.24) is 10.8 Å². The van der Waals surface area contributed by atoms with Crippen LogP contribution in [0.3, 0.4) is 0 Å². The van der Waals surface area contributed by atoms with Crippen molar-refractivity contribution in [2.24, 2.45) is 0 Å². The maximum absolute atomic E-state index is 12.4. The molecule has 0 radical (unpaired) electrons. The van der Waals surface area contributed by atoms with Gasteiger partial charge in [-0.3, -0.25) is 4.79 Å². The van der Waals surface area contributed by atoms with Gasteiger partial charge in [0.25, 0.3) is 0 Å². The fraction of sp³-hybridized carbons (Fsp3) is 0.619. The molecule has 0 aromatic heterocycles. The molecular formula is C21H30N2O5. The first-order chi connectivity index (χ1) is 13.7. The zero-order valence-electron chi connectivity index (χ0n) is 16.3. The van der Waals surface area contributed by atoms with Crippen molar-refractivity contribution in [3.63, 3.8) is 0 Å². The second kappa shape index (κ2) is 10.4. The predicted molar refractivity (Wildman–Crippen MR) is 103 cm³/mol. The molecule has 1 aromatic carbocycles. The zero-order valence-corrected chi connectivity index (χ0v) is 16.3. The first kappa shape index (κ1) is 20.6. The second-order valence-electron chi connectivity index (χ2n) is 7.64. The van der Waals surface area contributed by atoms with Crippen LogP contribution in [-0.4, -0.2) is 30.4 Å². The zero-order chi connectivity index (χ0) is 19.7. The van der Waals surface area contributed by atoms with Gasteiger partial charge >= 0.3 is 6.09 Å². The van der Waals surface area contributed by atoms with Crippen LogP contribution < -0.4 is 10.8 Å². The van der Waals surface area contributed by atoms with Crippen molar-refractivity contribution in [2.75, 3.05) is 6.61 Å². The smallest absolute Gasteiger partial charge is 0.407 e. The van der Waals surface area contributed by atoms with Crippen LogP contribution >= 0.6 is 0 Å². The van der Waals surface area contributed by atoms with Crippen LogP contribution in [0.15, 0.2) is 30.3 Å². The lowest BCUT2D eigenvalue weighted by atomic mass is 9.79. The Morgan fingerprint density at radius 1 is 1.07 bits per heavy atom. The molecule has 1 aliphatic carbocycles. The van der Waals surface area contributed by atoms with Crippen molar-refractivity contribution < 1.29 is 23.9 Å². The van der Waals surface area contributed by atoms with Gasteiger partial charge in [0.15, 0.2) is 6.29 Å². The minimum atomic E-state index is -0.590. The SMILES string of the molecule is O=C(CC1(NC(=O)OCc2ccccc2)CCCCC1)NOC1CCCCO1. The molecule has 1 aliphatic heterocycles. The molecule has 7 heteroatoms. The van der Waals surface area contributed by atoms with Gasteiger partial charge in [0.1, 0.15) is 6.61 Å². The van der Waals surface area contributed by atoms with E-state index in [2.05, 4.69) is 10.8 Å². The Bertz CT molecular complexity index is 625. The molecule has 1 saturated heterocycles. The molecule has 154 valence electrons. The van der Waals surface area contributed by atoms with E-state index in [0.717, 1.165) is 56.9 Å². The molecule has 0 bridgehead atoms. The number of carbonyl (C=O) groups is 2. The van der Waals surface area contributed by atoms with Crippen molar-refractivity contribution >= 4 is 12.0 Å². The largest absolute Gasteiger partial charge is 0.445 e. The van der Waals surface area contributed by atoms with Gasteiger partial charge in [0.2, 0.25) is 5.91 Å². The molecular weight excluding hydrogens is 360 g/mol. The first-order valence-electron chi connectivity index (χ1n) is 10.2. The Labute approximate surface area is 166 Å². The van der Waals surface area contributed by atoms with E-state index in [-0.39, 0.29) is 25.2 Å². The lowest BCUT2D eigenvalue weighted by Gasteiger charge is -2.37. The summed E-state index contributed by atoms with van der Waals surface area (Å²) in [6.45, 7) is 0.858. The molecule has 2 N–H and O–H groups in total. The van der Waals surface area contributed by atoms with Gasteiger partial charge in [-0.05, 0) is 31.2 Å². The average Bonchev–Trinajstić information content (AvgIpc) is 2.73. The highest BCUT2D eigenvalue weighted by atomic mass is 16.8. The molecule has 1 heterocycles. The summed E-state index contributed by atoms with van der Waals surface area (Å²) in [6.07, 6.45) is 6.66. The number of nitrogens with one attached hydrogen (secondary N) is 2. The van der Waals surface area contributed by atoms with Crippen molar-refractivity contribution in [1.29, 1.82) is 0 Å². The van der Waals surface area contributed by atoms with Gasteiger partial charge in [-0.15, -0.1) is 0 Å². The molecule has 2 amide bonds. The van der Waals surface area contributed by atoms with Crippen LogP contribution in [-0.2, 0) is 25.7 Å². The molecule has 2 aliphatic rings. The van der Waals surface area contributed by atoms with Gasteiger partial charge in [0, 0.05) is 13.0 Å². The maximum atomic E-state index is 12.4. The van der Waals surface area contributed by atoms with E-state index in [1.54, 1.807) is 0 Å². The summed E-state index contributed by atoms with van der Waals surface area (Å²) in [4.78, 5) is 30.2. The van der Waals surface area contributed by atoms with E-state index in [4.69, 9.17) is 14.3 Å². The summed E-state index contributed by atoms with van der Waals surface area (Å²) in [7, 11) is 0. The Morgan fingerprint density at radius 2 is 1.86 bits per heavy atom. The molecule has 28 heavy (non-hydrogen) atoms. The van der Waals surface area contributed by atoms with E-state index in [1.807, 2.05) is 30.3 Å². The fourth-order valence-electron chi connectivity index (χ4n) is 3.83. The summed E-state index contributed by atoms with van der Waals surface area (Å²) < 4.78 is 10.8. The molecule has 0 spiro atoms. The molecule has 3 rings (SSSR count). The summed E-state index contributed by atoms with van der Waals surface area (Å²) >= 11 is 0. The Hall–Kier alpha value is -2.12. The number of rotatable bonds is 7. The quantitative estimate of drug-likeness (QED) is 0.695. The average molecular weight is 390 g/mol. The maximum Gasteiger partial charge on any atom is 0.407 e. The number of hydroxylamine groups is 1. The fourth-order valence-corrected chi connectivity index (χ4v) is 3.83. The lowest BCUT2D eigenvalue weighted by molar-refractivity contribution is -0.201. The van der Waals surface area contributed by atoms with Gasteiger partial charge in [-0.2, -0.15) is 0 Å². The van der Waals surface area contributed by atoms with Crippen LogP contribution in [0.5, 0.6) is 0 Å². The molecule has 1 unspecified atom stereocenters. The van der Waals surface area contributed by atoms with Crippen LogP contribution in [0.2, 0.25) is 0 Å². The van der Waals surface area contributed by atoms with Gasteiger partial charge in [-0.1, -0.05) is 49.6 Å². The van der Waals surface area contributed by atoms with E-state index in [9.17, 15) is 9.59 Å². The summed E-state index contributed by atoms with van der Waals surface area (Å²) in [5.41, 5.74) is 2.83. The van der Waals surface area contributed by atoms with E-state index in [0.29, 0.717) is 6.61 Å². The van der Waals surface area contributed by atoms with E-state index in [1.165, 1.54) is 0 Å². The molecule has 1 aromatic rings. The number of ether oxygens (including phenoxy) is 2. The highest BCUT2D eigenvalue weighted by Gasteiger charge is 2.36. The normalized spacial score (nSPS) is 21.5. The van der Waals surface area contributed by atoms with Crippen LogP contribution in [0, 0.1) is 0 Å². The van der Waals surface area contributed by atoms with Gasteiger partial charge in [-0.25, -0.2) is 15.1 Å². The lowest BCUT2D eigenvalue weighted by Crippen LogP contribution is -2.52. The standard InChI is InChI=1S/C21H30N2O5/c24-18(23-28-19-11-5-8-14-26-19)15-21(12-6-2-7-13-21)22-20(25)27-16-17-9-3-1-4-10-17/h1,3-4,9-10,19H,2,5-8,11-16H2,(H,22,25)(H,23,24). The molecule has 7 nitrogen and oxygen atoms in total. The third-order valence-corrected chi connectivity index (χ3v) is 5.33. The van der Waals surface area contributed by atoms with Crippen LogP contribution in [0.4, 0.5) is 4.79 Å². The molecule has 1 atom stereocenters. The second-order valence-corrected chi connectivity index (χ2v) is 7.64. The Balaban J connectivity index is 1.49. The number of amides is 2. The Morgan fingerprint density at radius 3 is 2.57 bits per heavy atom. The summed E-state index contributed by atoms with van der Waals surface area (Å²) in [6, 6.07) is 9.53. The van der Waals surface area contributed by atoms with Crippen molar-refractivity contribution in [2.45, 2.75) is 76.2 Å². The van der Waals surface area contributed by atoms with Crippen LogP contribution in [0.25, 0.3) is 0 Å². The Kier molecular flexibility index (Phi) is 7.68. The topological polar surface area (TPSA) is 85.9 Å². The number of benzene rings is 1. The number of carbonyl (C=O) groups excluding carboxylic acids is 2. The highest BCUT2D eigenvalue weighted by Crippen LogP contribution is 2.31.